The molecule has 1 aliphatic rings. The first-order valence-corrected chi connectivity index (χ1v) is 8.39. The molecule has 0 amide bonds. The number of rotatable bonds is 7. The van der Waals surface area contributed by atoms with Crippen molar-refractivity contribution in [1.82, 2.24) is 5.32 Å². The van der Waals surface area contributed by atoms with E-state index in [1.165, 1.54) is 45.1 Å². The lowest BCUT2D eigenvalue weighted by atomic mass is 9.86. The molecule has 0 radical (unpaired) electrons. The zero-order chi connectivity index (χ0) is 12.8. The Hall–Kier alpha value is -0.340. The molecule has 0 aliphatic heterocycles. The molecule has 1 atom stereocenters. The fourth-order valence-electron chi connectivity index (χ4n) is 3.10. The first-order chi connectivity index (χ1) is 8.75. The molecule has 1 nitrogen and oxygen atoms in total. The van der Waals surface area contributed by atoms with Gasteiger partial charge in [0.05, 0.1) is 0 Å². The molecule has 1 aromatic heterocycles. The Morgan fingerprint density at radius 3 is 2.72 bits per heavy atom. The van der Waals surface area contributed by atoms with Crippen molar-refractivity contribution < 1.29 is 0 Å². The van der Waals surface area contributed by atoms with Crippen molar-refractivity contribution in [2.45, 2.75) is 58.4 Å². The van der Waals surface area contributed by atoms with Crippen molar-refractivity contribution in [1.29, 1.82) is 0 Å². The van der Waals surface area contributed by atoms with Crippen molar-refractivity contribution in [3.05, 3.63) is 22.4 Å². The van der Waals surface area contributed by atoms with E-state index in [1.54, 1.807) is 4.88 Å². The van der Waals surface area contributed by atoms with Gasteiger partial charge < -0.3 is 5.32 Å². The Morgan fingerprint density at radius 2 is 2.11 bits per heavy atom. The van der Waals surface area contributed by atoms with Gasteiger partial charge in [0.1, 0.15) is 0 Å². The molecule has 1 saturated carbocycles. The van der Waals surface area contributed by atoms with Gasteiger partial charge in [-0.3, -0.25) is 0 Å². The number of hydrogen-bond acceptors (Lipinski definition) is 2. The highest BCUT2D eigenvalue weighted by molar-refractivity contribution is 7.09. The van der Waals surface area contributed by atoms with Crippen LogP contribution in [-0.2, 0) is 6.42 Å². The summed E-state index contributed by atoms with van der Waals surface area (Å²) < 4.78 is 0. The Balaban J connectivity index is 1.82. The molecule has 1 heterocycles. The van der Waals surface area contributed by atoms with E-state index in [9.17, 15) is 0 Å². The van der Waals surface area contributed by atoms with Gasteiger partial charge in [0, 0.05) is 10.9 Å². The third-order valence-electron chi connectivity index (χ3n) is 4.20. The molecule has 0 aromatic carbocycles. The van der Waals surface area contributed by atoms with Gasteiger partial charge in [-0.05, 0) is 42.7 Å². The lowest BCUT2D eigenvalue weighted by Crippen LogP contribution is -2.32. The smallest absolute Gasteiger partial charge is 0.00453 e. The van der Waals surface area contributed by atoms with Crippen LogP contribution in [0, 0.1) is 11.8 Å². The highest BCUT2D eigenvalue weighted by Crippen LogP contribution is 2.33. The van der Waals surface area contributed by atoms with Crippen LogP contribution in [0.1, 0.15) is 50.8 Å². The van der Waals surface area contributed by atoms with E-state index in [0.29, 0.717) is 6.04 Å². The number of aryl methyl sites for hydroxylation is 1. The highest BCUT2D eigenvalue weighted by Gasteiger charge is 2.24. The molecule has 18 heavy (non-hydrogen) atoms. The lowest BCUT2D eigenvalue weighted by Gasteiger charge is -2.25. The summed E-state index contributed by atoms with van der Waals surface area (Å²) >= 11 is 1.91. The van der Waals surface area contributed by atoms with Crippen LogP contribution in [0.4, 0.5) is 0 Å². The summed E-state index contributed by atoms with van der Waals surface area (Å²) in [5.41, 5.74) is 0. The largest absolute Gasteiger partial charge is 0.314 e. The van der Waals surface area contributed by atoms with E-state index < -0.39 is 0 Å². The number of hydrogen-bond donors (Lipinski definition) is 1. The monoisotopic (exact) mass is 265 g/mol. The van der Waals surface area contributed by atoms with Crippen LogP contribution in [0.5, 0.6) is 0 Å². The lowest BCUT2D eigenvalue weighted by molar-refractivity contribution is 0.298. The summed E-state index contributed by atoms with van der Waals surface area (Å²) in [6, 6.07) is 5.08. The van der Waals surface area contributed by atoms with Gasteiger partial charge in [-0.1, -0.05) is 45.6 Å². The minimum atomic E-state index is 0.621. The molecule has 0 bridgehead atoms. The summed E-state index contributed by atoms with van der Waals surface area (Å²) in [6.45, 7) is 5.73. The average molecular weight is 265 g/mol. The molecule has 1 N–H and O–H groups in total. The summed E-state index contributed by atoms with van der Waals surface area (Å²) in [4.78, 5) is 1.56. The minimum absolute atomic E-state index is 0.621. The minimum Gasteiger partial charge on any atom is -0.314 e. The van der Waals surface area contributed by atoms with Gasteiger partial charge >= 0.3 is 0 Å². The van der Waals surface area contributed by atoms with Crippen LogP contribution in [-0.4, -0.2) is 12.6 Å². The van der Waals surface area contributed by atoms with Crippen molar-refractivity contribution in [3.8, 4) is 0 Å². The van der Waals surface area contributed by atoms with Gasteiger partial charge in [-0.2, -0.15) is 0 Å². The van der Waals surface area contributed by atoms with E-state index in [2.05, 4.69) is 36.7 Å². The maximum absolute atomic E-state index is 3.66. The second kappa shape index (κ2) is 7.30. The van der Waals surface area contributed by atoms with Gasteiger partial charge in [0.25, 0.3) is 0 Å². The van der Waals surface area contributed by atoms with Crippen LogP contribution in [0.2, 0.25) is 0 Å². The molecule has 1 aromatic rings. The predicted octanol–water partition coefficient (Wildman–Crippen LogP) is 4.49. The third kappa shape index (κ3) is 4.40. The van der Waals surface area contributed by atoms with Crippen molar-refractivity contribution in [2.24, 2.45) is 11.8 Å². The molecule has 1 aliphatic carbocycles. The first kappa shape index (κ1) is 14.1. The van der Waals surface area contributed by atoms with Crippen molar-refractivity contribution >= 4 is 11.3 Å². The van der Waals surface area contributed by atoms with Crippen LogP contribution >= 0.6 is 11.3 Å². The number of nitrogens with one attached hydrogen (secondary N) is 1. The summed E-state index contributed by atoms with van der Waals surface area (Å²) in [5.74, 6) is 1.87. The number of thiophene rings is 1. The van der Waals surface area contributed by atoms with E-state index in [-0.39, 0.29) is 0 Å². The summed E-state index contributed by atoms with van der Waals surface area (Å²) in [6.07, 6.45) is 8.50. The van der Waals surface area contributed by atoms with Crippen LogP contribution < -0.4 is 5.32 Å². The van der Waals surface area contributed by atoms with Gasteiger partial charge in [0.2, 0.25) is 0 Å². The zero-order valence-corrected chi connectivity index (χ0v) is 12.6. The normalized spacial score (nSPS) is 18.6. The van der Waals surface area contributed by atoms with E-state index in [0.717, 1.165) is 11.8 Å². The maximum atomic E-state index is 3.66. The van der Waals surface area contributed by atoms with E-state index in [4.69, 9.17) is 0 Å². The Bertz CT molecular complexity index is 312. The molecular weight excluding hydrogens is 238 g/mol. The highest BCUT2D eigenvalue weighted by atomic mass is 32.1. The first-order valence-electron chi connectivity index (χ1n) is 7.51. The molecule has 2 heteroatoms. The molecule has 0 saturated heterocycles. The third-order valence-corrected chi connectivity index (χ3v) is 5.13. The molecule has 102 valence electrons. The van der Waals surface area contributed by atoms with Gasteiger partial charge in [-0.15, -0.1) is 11.3 Å². The topological polar surface area (TPSA) is 12.0 Å². The van der Waals surface area contributed by atoms with Crippen LogP contribution in [0.3, 0.4) is 0 Å². The molecule has 1 unspecified atom stereocenters. The predicted molar refractivity (Wildman–Crippen MR) is 81.2 cm³/mol. The average Bonchev–Trinajstić information content (AvgIpc) is 3.01. The quantitative estimate of drug-likeness (QED) is 0.766. The fourth-order valence-corrected chi connectivity index (χ4v) is 3.83. The molecule has 1 fully saturated rings. The standard InChI is InChI=1S/C16H27NS/c1-13(2)17-12-15(14-6-3-4-7-14)9-10-16-8-5-11-18-16/h5,8,11,13-15,17H,3-4,6-7,9-10,12H2,1-2H3. The Kier molecular flexibility index (Phi) is 5.71. The second-order valence-corrected chi connectivity index (χ2v) is 7.02. The zero-order valence-electron chi connectivity index (χ0n) is 11.8. The SMILES string of the molecule is CC(C)NCC(CCc1cccs1)C1CCCC1. The van der Waals surface area contributed by atoms with E-state index in [1.807, 2.05) is 11.3 Å². The van der Waals surface area contributed by atoms with Gasteiger partial charge in [-0.25, -0.2) is 0 Å². The summed E-state index contributed by atoms with van der Waals surface area (Å²) in [5, 5.41) is 5.86. The van der Waals surface area contributed by atoms with Crippen LogP contribution in [0.25, 0.3) is 0 Å². The van der Waals surface area contributed by atoms with Crippen molar-refractivity contribution in [2.75, 3.05) is 6.54 Å². The molecule has 2 rings (SSSR count). The van der Waals surface area contributed by atoms with E-state index >= 15 is 0 Å². The maximum Gasteiger partial charge on any atom is 0.00453 e. The second-order valence-electron chi connectivity index (χ2n) is 5.99. The molecule has 0 spiro atoms. The Morgan fingerprint density at radius 1 is 1.33 bits per heavy atom. The van der Waals surface area contributed by atoms with Crippen LogP contribution in [0.15, 0.2) is 17.5 Å². The molecular formula is C16H27NS. The van der Waals surface area contributed by atoms with Gasteiger partial charge in [0.15, 0.2) is 0 Å². The van der Waals surface area contributed by atoms with Crippen molar-refractivity contribution in [3.63, 3.8) is 0 Å². The summed E-state index contributed by atoms with van der Waals surface area (Å²) in [7, 11) is 0. The Labute approximate surface area is 116 Å². The fraction of sp³-hybridized carbons (Fsp3) is 0.750.